The summed E-state index contributed by atoms with van der Waals surface area (Å²) >= 11 is 6.07. The van der Waals surface area contributed by atoms with E-state index in [4.69, 9.17) is 11.6 Å². The van der Waals surface area contributed by atoms with Crippen LogP contribution < -0.4 is 5.32 Å². The quantitative estimate of drug-likeness (QED) is 0.428. The molecule has 3 aromatic rings. The number of benzene rings is 1. The van der Waals surface area contributed by atoms with Gasteiger partial charge in [-0.3, -0.25) is 4.98 Å². The molecule has 3 rings (SSSR count). The van der Waals surface area contributed by atoms with Crippen molar-refractivity contribution in [1.82, 2.24) is 15.0 Å². The van der Waals surface area contributed by atoms with E-state index in [1.807, 2.05) is 0 Å². The average molecular weight is 433 g/mol. The zero-order chi connectivity index (χ0) is 21.3. The molecule has 0 bridgehead atoms. The van der Waals surface area contributed by atoms with Crippen LogP contribution in [0.4, 0.5) is 32.2 Å². The van der Waals surface area contributed by atoms with Crippen molar-refractivity contribution in [2.45, 2.75) is 19.1 Å². The van der Waals surface area contributed by atoms with Gasteiger partial charge < -0.3 is 5.32 Å². The van der Waals surface area contributed by atoms with Crippen molar-refractivity contribution in [3.8, 4) is 22.6 Å². The van der Waals surface area contributed by atoms with Crippen LogP contribution >= 0.6 is 11.6 Å². The van der Waals surface area contributed by atoms with E-state index in [-0.39, 0.29) is 11.5 Å². The van der Waals surface area contributed by atoms with E-state index in [1.165, 1.54) is 12.3 Å². The molecule has 1 N–H and O–H groups in total. The number of nitrogens with zero attached hydrogens (tertiary/aromatic N) is 3. The van der Waals surface area contributed by atoms with Gasteiger partial charge in [0.25, 0.3) is 0 Å². The maximum absolute atomic E-state index is 14.3. The highest BCUT2D eigenvalue weighted by atomic mass is 35.5. The Bertz CT molecular complexity index is 1020. The van der Waals surface area contributed by atoms with Crippen LogP contribution in [0.3, 0.4) is 0 Å². The van der Waals surface area contributed by atoms with Gasteiger partial charge in [0.2, 0.25) is 0 Å². The first-order valence-corrected chi connectivity index (χ1v) is 8.43. The third kappa shape index (κ3) is 4.42. The van der Waals surface area contributed by atoms with E-state index in [9.17, 15) is 26.3 Å². The van der Waals surface area contributed by atoms with Crippen LogP contribution in [0.5, 0.6) is 0 Å². The molecule has 0 unspecified atom stereocenters. The third-order valence-corrected chi connectivity index (χ3v) is 4.13. The number of alkyl halides is 3. The standard InChI is InChI=1S/C18H11ClF6N4/c1-8(18(23,24)25)27-17-14(13-10(21)6-9(20)7-11(13)22)15(19)28-16(29-17)12-4-2-3-5-26-12/h2-8H,1H3,(H,27,28,29)/t8-/m1/s1. The maximum atomic E-state index is 14.3. The van der Waals surface area contributed by atoms with Crippen LogP contribution in [0, 0.1) is 17.5 Å². The summed E-state index contributed by atoms with van der Waals surface area (Å²) in [5, 5.41) is 1.51. The summed E-state index contributed by atoms with van der Waals surface area (Å²) in [6.07, 6.45) is -3.30. The van der Waals surface area contributed by atoms with Crippen molar-refractivity contribution in [2.24, 2.45) is 0 Å². The van der Waals surface area contributed by atoms with Gasteiger partial charge in [-0.05, 0) is 19.1 Å². The Morgan fingerprint density at radius 1 is 1.00 bits per heavy atom. The van der Waals surface area contributed by atoms with E-state index in [0.717, 1.165) is 6.92 Å². The molecule has 4 nitrogen and oxygen atoms in total. The predicted molar refractivity (Wildman–Crippen MR) is 94.7 cm³/mol. The van der Waals surface area contributed by atoms with E-state index in [2.05, 4.69) is 20.3 Å². The molecule has 2 aromatic heterocycles. The summed E-state index contributed by atoms with van der Waals surface area (Å²) in [4.78, 5) is 11.8. The lowest BCUT2D eigenvalue weighted by Gasteiger charge is -2.21. The lowest BCUT2D eigenvalue weighted by atomic mass is 10.1. The Hall–Kier alpha value is -2.88. The molecule has 29 heavy (non-hydrogen) atoms. The normalized spacial score (nSPS) is 12.7. The zero-order valence-corrected chi connectivity index (χ0v) is 15.3. The Balaban J connectivity index is 2.25. The van der Waals surface area contributed by atoms with Crippen molar-refractivity contribution in [2.75, 3.05) is 5.32 Å². The number of nitrogens with one attached hydrogen (secondary N) is 1. The average Bonchev–Trinajstić information content (AvgIpc) is 2.62. The summed E-state index contributed by atoms with van der Waals surface area (Å²) in [6, 6.07) is 3.25. The number of rotatable bonds is 4. The number of pyridine rings is 1. The van der Waals surface area contributed by atoms with Gasteiger partial charge in [-0.25, -0.2) is 23.1 Å². The molecule has 2 heterocycles. The lowest BCUT2D eigenvalue weighted by Crippen LogP contribution is -2.33. The topological polar surface area (TPSA) is 50.7 Å². The van der Waals surface area contributed by atoms with Crippen LogP contribution in [0.2, 0.25) is 5.15 Å². The molecular formula is C18H11ClF6N4. The van der Waals surface area contributed by atoms with Gasteiger partial charge in [0.1, 0.15) is 40.2 Å². The van der Waals surface area contributed by atoms with Gasteiger partial charge in [-0.15, -0.1) is 0 Å². The molecule has 0 radical (unpaired) electrons. The van der Waals surface area contributed by atoms with Crippen LogP contribution in [-0.4, -0.2) is 27.2 Å². The van der Waals surface area contributed by atoms with Crippen molar-refractivity contribution < 1.29 is 26.3 Å². The Kier molecular flexibility index (Phi) is 5.65. The molecule has 0 aliphatic heterocycles. The molecule has 152 valence electrons. The van der Waals surface area contributed by atoms with Crippen molar-refractivity contribution in [3.05, 3.63) is 59.1 Å². The fourth-order valence-corrected chi connectivity index (χ4v) is 2.70. The second-order valence-corrected chi connectivity index (χ2v) is 6.29. The van der Waals surface area contributed by atoms with Gasteiger partial charge in [-0.1, -0.05) is 17.7 Å². The molecule has 1 atom stereocenters. The second-order valence-electron chi connectivity index (χ2n) is 5.93. The minimum atomic E-state index is -4.69. The third-order valence-electron chi connectivity index (χ3n) is 3.86. The van der Waals surface area contributed by atoms with E-state index < -0.39 is 51.8 Å². The van der Waals surface area contributed by atoms with Gasteiger partial charge >= 0.3 is 6.18 Å². The molecule has 0 saturated carbocycles. The molecule has 0 aliphatic rings. The summed E-state index contributed by atoms with van der Waals surface area (Å²) in [5.41, 5.74) is -1.26. The number of hydrogen-bond donors (Lipinski definition) is 1. The summed E-state index contributed by atoms with van der Waals surface area (Å²) in [7, 11) is 0. The van der Waals surface area contributed by atoms with E-state index >= 15 is 0 Å². The Morgan fingerprint density at radius 3 is 2.21 bits per heavy atom. The number of anilines is 1. The smallest absolute Gasteiger partial charge is 0.358 e. The number of aromatic nitrogens is 3. The molecule has 0 aliphatic carbocycles. The first kappa shape index (κ1) is 20.8. The van der Waals surface area contributed by atoms with Crippen LogP contribution in [0.15, 0.2) is 36.5 Å². The molecule has 0 spiro atoms. The molecular weight excluding hydrogens is 422 g/mol. The molecule has 11 heteroatoms. The molecule has 0 saturated heterocycles. The van der Waals surface area contributed by atoms with Gasteiger partial charge in [0.15, 0.2) is 5.82 Å². The van der Waals surface area contributed by atoms with Crippen molar-refractivity contribution in [3.63, 3.8) is 0 Å². The summed E-state index contributed by atoms with van der Waals surface area (Å²) in [5.74, 6) is -4.70. The minimum Gasteiger partial charge on any atom is -0.358 e. The van der Waals surface area contributed by atoms with Crippen LogP contribution in [0.1, 0.15) is 6.92 Å². The monoisotopic (exact) mass is 432 g/mol. The predicted octanol–water partition coefficient (Wildman–Crippen LogP) is 5.64. The lowest BCUT2D eigenvalue weighted by molar-refractivity contribution is -0.138. The van der Waals surface area contributed by atoms with Crippen molar-refractivity contribution >= 4 is 17.4 Å². The SMILES string of the molecule is C[C@@H](Nc1nc(-c2ccccn2)nc(Cl)c1-c1c(F)cc(F)cc1F)C(F)(F)F. The van der Waals surface area contributed by atoms with E-state index in [1.54, 1.807) is 12.1 Å². The van der Waals surface area contributed by atoms with Gasteiger partial charge in [0, 0.05) is 18.3 Å². The zero-order valence-electron chi connectivity index (χ0n) is 14.5. The van der Waals surface area contributed by atoms with Crippen LogP contribution in [0.25, 0.3) is 22.6 Å². The second kappa shape index (κ2) is 7.86. The largest absolute Gasteiger partial charge is 0.408 e. The summed E-state index contributed by atoms with van der Waals surface area (Å²) < 4.78 is 81.0. The van der Waals surface area contributed by atoms with Gasteiger partial charge in [-0.2, -0.15) is 13.2 Å². The van der Waals surface area contributed by atoms with Crippen LogP contribution in [-0.2, 0) is 0 Å². The Labute approximate surface area is 165 Å². The highest BCUT2D eigenvalue weighted by Crippen LogP contribution is 2.38. The van der Waals surface area contributed by atoms with Gasteiger partial charge in [0.05, 0.1) is 11.1 Å². The highest BCUT2D eigenvalue weighted by Gasteiger charge is 2.37. The number of hydrogen-bond acceptors (Lipinski definition) is 4. The molecule has 0 amide bonds. The van der Waals surface area contributed by atoms with E-state index in [0.29, 0.717) is 12.1 Å². The maximum Gasteiger partial charge on any atom is 0.408 e. The fourth-order valence-electron chi connectivity index (χ4n) is 2.44. The highest BCUT2D eigenvalue weighted by molar-refractivity contribution is 6.32. The first-order valence-electron chi connectivity index (χ1n) is 8.05. The number of halogens is 7. The first-order chi connectivity index (χ1) is 13.6. The van der Waals surface area contributed by atoms with Crippen molar-refractivity contribution in [1.29, 1.82) is 0 Å². The Morgan fingerprint density at radius 2 is 1.66 bits per heavy atom. The minimum absolute atomic E-state index is 0.167. The fraction of sp³-hybridized carbons (Fsp3) is 0.167. The molecule has 0 fully saturated rings. The summed E-state index contributed by atoms with van der Waals surface area (Å²) in [6.45, 7) is 0.789. The molecule has 1 aromatic carbocycles.